The molecule has 0 radical (unpaired) electrons. The van der Waals surface area contributed by atoms with Crippen molar-refractivity contribution in [1.29, 1.82) is 0 Å². The second-order valence-electron chi connectivity index (χ2n) is 3.71. The molecule has 1 aromatic rings. The van der Waals surface area contributed by atoms with Crippen molar-refractivity contribution >= 4 is 23.5 Å². The lowest BCUT2D eigenvalue weighted by molar-refractivity contribution is -0.119. The number of anilines is 3. The molecule has 0 aliphatic carbocycles. The van der Waals surface area contributed by atoms with Crippen LogP contribution < -0.4 is 21.7 Å². The van der Waals surface area contributed by atoms with Gasteiger partial charge in [-0.3, -0.25) is 4.79 Å². The minimum Gasteiger partial charge on any atom is -0.383 e. The summed E-state index contributed by atoms with van der Waals surface area (Å²) in [5.74, 6) is 0.716. The number of rotatable bonds is 6. The Morgan fingerprint density at radius 1 is 1.50 bits per heavy atom. The van der Waals surface area contributed by atoms with Gasteiger partial charge in [0.15, 0.2) is 0 Å². The molecule has 0 bridgehead atoms. The minimum absolute atomic E-state index is 0.0802. The molecule has 0 saturated carbocycles. The van der Waals surface area contributed by atoms with E-state index in [9.17, 15) is 4.79 Å². The number of ether oxygens (including phenoxy) is 1. The first-order chi connectivity index (χ1) is 8.52. The Morgan fingerprint density at radius 2 is 2.22 bits per heavy atom. The molecule has 8 heteroatoms. The Morgan fingerprint density at radius 3 is 2.83 bits per heavy atom. The van der Waals surface area contributed by atoms with E-state index in [4.69, 9.17) is 16.2 Å². The topological polar surface area (TPSA) is 119 Å². The molecule has 18 heavy (non-hydrogen) atoms. The van der Waals surface area contributed by atoms with Gasteiger partial charge in [0, 0.05) is 26.8 Å². The van der Waals surface area contributed by atoms with Crippen molar-refractivity contribution in [3.8, 4) is 0 Å². The quantitative estimate of drug-likeness (QED) is 0.548. The third-order valence-electron chi connectivity index (χ3n) is 2.15. The van der Waals surface area contributed by atoms with Gasteiger partial charge in [-0.2, -0.15) is 9.97 Å². The number of nitrogen functional groups attached to an aromatic ring is 2. The van der Waals surface area contributed by atoms with Gasteiger partial charge in [-0.15, -0.1) is 0 Å². The highest BCUT2D eigenvalue weighted by Crippen LogP contribution is 2.12. The van der Waals surface area contributed by atoms with E-state index in [0.29, 0.717) is 19.0 Å². The Hall–Kier alpha value is -2.09. The first-order valence-electron chi connectivity index (χ1n) is 5.39. The van der Waals surface area contributed by atoms with Crippen molar-refractivity contribution in [1.82, 2.24) is 15.3 Å². The molecule has 0 unspecified atom stereocenters. The Labute approximate surface area is 105 Å². The van der Waals surface area contributed by atoms with Gasteiger partial charge in [0.05, 0.1) is 13.2 Å². The van der Waals surface area contributed by atoms with Gasteiger partial charge in [0.1, 0.15) is 11.6 Å². The van der Waals surface area contributed by atoms with E-state index in [1.807, 2.05) is 0 Å². The number of nitrogens with one attached hydrogen (secondary N) is 1. The van der Waals surface area contributed by atoms with Crippen LogP contribution in [0.5, 0.6) is 0 Å². The number of hydrogen-bond donors (Lipinski definition) is 3. The van der Waals surface area contributed by atoms with Gasteiger partial charge in [0.25, 0.3) is 0 Å². The number of carbonyl (C=O) groups excluding carboxylic acids is 1. The van der Waals surface area contributed by atoms with Crippen LogP contribution in [0.2, 0.25) is 0 Å². The number of methoxy groups -OCH3 is 1. The molecular weight excluding hydrogens is 236 g/mol. The van der Waals surface area contributed by atoms with E-state index in [1.165, 1.54) is 0 Å². The summed E-state index contributed by atoms with van der Waals surface area (Å²) in [5.41, 5.74) is 11.0. The third-order valence-corrected chi connectivity index (χ3v) is 2.15. The summed E-state index contributed by atoms with van der Waals surface area (Å²) in [4.78, 5) is 20.9. The molecule has 0 aromatic carbocycles. The average molecular weight is 254 g/mol. The zero-order chi connectivity index (χ0) is 13.5. The zero-order valence-electron chi connectivity index (χ0n) is 10.5. The van der Waals surface area contributed by atoms with E-state index in [0.717, 1.165) is 0 Å². The molecule has 1 heterocycles. The van der Waals surface area contributed by atoms with E-state index in [2.05, 4.69) is 15.3 Å². The second kappa shape index (κ2) is 6.60. The predicted octanol–water partition coefficient (Wildman–Crippen LogP) is -1.16. The van der Waals surface area contributed by atoms with Crippen LogP contribution in [0.3, 0.4) is 0 Å². The maximum Gasteiger partial charge on any atom is 0.239 e. The monoisotopic (exact) mass is 254 g/mol. The number of nitrogens with zero attached hydrogens (tertiary/aromatic N) is 3. The first-order valence-corrected chi connectivity index (χ1v) is 5.39. The summed E-state index contributed by atoms with van der Waals surface area (Å²) in [6, 6.07) is 1.55. The first kappa shape index (κ1) is 14.0. The SMILES string of the molecule is COCCNC(=O)CN(C)c1cc(N)nc(N)n1. The molecule has 1 aromatic heterocycles. The molecule has 5 N–H and O–H groups in total. The van der Waals surface area contributed by atoms with Crippen molar-refractivity contribution < 1.29 is 9.53 Å². The standard InChI is InChI=1S/C10H18N6O2/c1-16(6-9(17)13-3-4-18-2)8-5-7(11)14-10(12)15-8/h5H,3-4,6H2,1-2H3,(H,13,17)(H4,11,12,14,15). The fraction of sp³-hybridized carbons (Fsp3) is 0.500. The zero-order valence-corrected chi connectivity index (χ0v) is 10.5. The van der Waals surface area contributed by atoms with Crippen LogP contribution in [0.1, 0.15) is 0 Å². The van der Waals surface area contributed by atoms with Gasteiger partial charge in [0.2, 0.25) is 11.9 Å². The van der Waals surface area contributed by atoms with E-state index >= 15 is 0 Å². The highest BCUT2D eigenvalue weighted by Gasteiger charge is 2.09. The smallest absolute Gasteiger partial charge is 0.239 e. The number of likely N-dealkylation sites (N-methyl/N-ethyl adjacent to an activating group) is 1. The minimum atomic E-state index is -0.134. The maximum atomic E-state index is 11.6. The van der Waals surface area contributed by atoms with Crippen LogP contribution in [-0.2, 0) is 9.53 Å². The van der Waals surface area contributed by atoms with Crippen molar-refractivity contribution in [2.75, 3.05) is 50.2 Å². The number of amides is 1. The van der Waals surface area contributed by atoms with Crippen LogP contribution in [-0.4, -0.2) is 49.7 Å². The molecule has 100 valence electrons. The Balaban J connectivity index is 2.53. The van der Waals surface area contributed by atoms with E-state index in [-0.39, 0.29) is 24.2 Å². The van der Waals surface area contributed by atoms with Crippen molar-refractivity contribution in [3.05, 3.63) is 6.07 Å². The molecule has 0 aliphatic heterocycles. The fourth-order valence-corrected chi connectivity index (χ4v) is 1.31. The summed E-state index contributed by atoms with van der Waals surface area (Å²) >= 11 is 0. The summed E-state index contributed by atoms with van der Waals surface area (Å²) in [7, 11) is 3.29. The van der Waals surface area contributed by atoms with Crippen molar-refractivity contribution in [2.45, 2.75) is 0 Å². The van der Waals surface area contributed by atoms with Crippen molar-refractivity contribution in [2.24, 2.45) is 0 Å². The molecule has 0 aliphatic rings. The normalized spacial score (nSPS) is 10.1. The fourth-order valence-electron chi connectivity index (χ4n) is 1.31. The lowest BCUT2D eigenvalue weighted by Crippen LogP contribution is -2.37. The third kappa shape index (κ3) is 4.42. The summed E-state index contributed by atoms with van der Waals surface area (Å²) in [6.45, 7) is 1.10. The van der Waals surface area contributed by atoms with E-state index < -0.39 is 0 Å². The summed E-state index contributed by atoms with van der Waals surface area (Å²) in [5, 5.41) is 2.70. The van der Waals surface area contributed by atoms with Gasteiger partial charge in [-0.25, -0.2) is 0 Å². The lowest BCUT2D eigenvalue weighted by atomic mass is 10.4. The molecule has 1 rings (SSSR count). The van der Waals surface area contributed by atoms with Gasteiger partial charge in [-0.1, -0.05) is 0 Å². The Kier molecular flexibility index (Phi) is 5.12. The molecule has 0 saturated heterocycles. The molecule has 8 nitrogen and oxygen atoms in total. The number of hydrogen-bond acceptors (Lipinski definition) is 7. The van der Waals surface area contributed by atoms with Gasteiger partial charge in [-0.05, 0) is 0 Å². The molecule has 0 fully saturated rings. The van der Waals surface area contributed by atoms with Crippen molar-refractivity contribution in [3.63, 3.8) is 0 Å². The predicted molar refractivity (Wildman–Crippen MR) is 69.0 cm³/mol. The summed E-state index contributed by atoms with van der Waals surface area (Å²) < 4.78 is 4.83. The van der Waals surface area contributed by atoms with Crippen LogP contribution in [0.4, 0.5) is 17.6 Å². The number of aromatic nitrogens is 2. The van der Waals surface area contributed by atoms with E-state index in [1.54, 1.807) is 25.1 Å². The average Bonchev–Trinajstić information content (AvgIpc) is 2.28. The van der Waals surface area contributed by atoms with Gasteiger partial charge < -0.3 is 26.4 Å². The van der Waals surface area contributed by atoms with Crippen LogP contribution in [0.25, 0.3) is 0 Å². The highest BCUT2D eigenvalue weighted by molar-refractivity contribution is 5.81. The number of nitrogens with two attached hydrogens (primary N) is 2. The van der Waals surface area contributed by atoms with Crippen LogP contribution >= 0.6 is 0 Å². The van der Waals surface area contributed by atoms with Crippen LogP contribution in [0, 0.1) is 0 Å². The molecule has 0 spiro atoms. The summed E-state index contributed by atoms with van der Waals surface area (Å²) in [6.07, 6.45) is 0. The highest BCUT2D eigenvalue weighted by atomic mass is 16.5. The maximum absolute atomic E-state index is 11.6. The van der Waals surface area contributed by atoms with Gasteiger partial charge >= 0.3 is 0 Å². The number of carbonyl (C=O) groups is 1. The second-order valence-corrected chi connectivity index (χ2v) is 3.71. The van der Waals surface area contributed by atoms with Crippen LogP contribution in [0.15, 0.2) is 6.07 Å². The molecule has 0 atom stereocenters. The lowest BCUT2D eigenvalue weighted by Gasteiger charge is -2.18. The molecule has 1 amide bonds. The molecular formula is C10H18N6O2. The Bertz CT molecular complexity index is 391. The largest absolute Gasteiger partial charge is 0.383 e.